The molecule has 1 N–H and O–H groups in total. The number of nitrogens with one attached hydrogen (secondary N) is 1. The second kappa shape index (κ2) is 7.56. The van der Waals surface area contributed by atoms with Crippen LogP contribution in [0.15, 0.2) is 42.5 Å². The molecule has 1 atom stereocenters. The van der Waals surface area contributed by atoms with Crippen LogP contribution in [0.3, 0.4) is 0 Å². The first-order valence-corrected chi connectivity index (χ1v) is 10.4. The Balaban J connectivity index is 1.92. The zero-order chi connectivity index (χ0) is 19.6. The minimum atomic E-state index is -3.52. The van der Waals surface area contributed by atoms with Crippen molar-refractivity contribution in [2.75, 3.05) is 24.2 Å². The maximum atomic E-state index is 13.7. The Bertz CT molecular complexity index is 962. The number of sulfonamides is 1. The predicted molar refractivity (Wildman–Crippen MR) is 101 cm³/mol. The molecule has 1 unspecified atom stereocenters. The summed E-state index contributed by atoms with van der Waals surface area (Å²) in [6.07, 6.45) is 2.36. The lowest BCUT2D eigenvalue weighted by Gasteiger charge is -2.22. The van der Waals surface area contributed by atoms with E-state index in [1.54, 1.807) is 30.3 Å². The number of hydrogen-bond donors (Lipinski definition) is 1. The molecule has 0 spiro atoms. The van der Waals surface area contributed by atoms with E-state index in [0.29, 0.717) is 30.8 Å². The molecule has 0 fully saturated rings. The number of anilines is 1. The Hall–Kier alpha value is -2.61. The summed E-state index contributed by atoms with van der Waals surface area (Å²) in [7, 11) is -2.13. The molecular formula is C19H21FN2O4S. The fraction of sp³-hybridized carbons (Fsp3) is 0.316. The largest absolute Gasteiger partial charge is 0.493 e. The number of hydrogen-bond acceptors (Lipinski definition) is 4. The smallest absolute Gasteiger partial charge is 0.253 e. The molecule has 27 heavy (non-hydrogen) atoms. The van der Waals surface area contributed by atoms with Gasteiger partial charge in [-0.15, -0.1) is 0 Å². The summed E-state index contributed by atoms with van der Waals surface area (Å²) < 4.78 is 44.2. The van der Waals surface area contributed by atoms with Crippen molar-refractivity contribution < 1.29 is 22.3 Å². The number of para-hydroxylation sites is 1. The molecule has 0 radical (unpaired) electrons. The van der Waals surface area contributed by atoms with Crippen LogP contribution >= 0.6 is 0 Å². The van der Waals surface area contributed by atoms with Crippen LogP contribution in [0.1, 0.15) is 34.8 Å². The molecule has 1 aliphatic rings. The molecule has 8 heteroatoms. The van der Waals surface area contributed by atoms with Crippen molar-refractivity contribution in [3.8, 4) is 5.75 Å². The van der Waals surface area contributed by atoms with E-state index in [4.69, 9.17) is 4.74 Å². The van der Waals surface area contributed by atoms with Crippen molar-refractivity contribution >= 4 is 21.6 Å². The zero-order valence-electron chi connectivity index (χ0n) is 15.1. The number of fused-ring (bicyclic) bond motifs is 1. The van der Waals surface area contributed by atoms with E-state index in [-0.39, 0.29) is 11.3 Å². The summed E-state index contributed by atoms with van der Waals surface area (Å²) in [6.45, 7) is 0.485. The molecule has 3 rings (SSSR count). The van der Waals surface area contributed by atoms with E-state index in [9.17, 15) is 17.6 Å². The molecule has 0 saturated carbocycles. The molecule has 2 aromatic rings. The Labute approximate surface area is 158 Å². The number of nitrogens with zero attached hydrogens (tertiary/aromatic N) is 1. The average molecular weight is 392 g/mol. The molecule has 0 aliphatic carbocycles. The lowest BCUT2D eigenvalue weighted by molar-refractivity contribution is 0.0935. The summed E-state index contributed by atoms with van der Waals surface area (Å²) in [5.74, 6) is -0.292. The first-order chi connectivity index (χ1) is 12.8. The molecule has 0 saturated heterocycles. The highest BCUT2D eigenvalue weighted by molar-refractivity contribution is 7.92. The molecule has 0 aromatic heterocycles. The highest BCUT2D eigenvalue weighted by Crippen LogP contribution is 2.33. The van der Waals surface area contributed by atoms with Gasteiger partial charge in [0, 0.05) is 12.6 Å². The highest BCUT2D eigenvalue weighted by atomic mass is 32.2. The van der Waals surface area contributed by atoms with E-state index >= 15 is 0 Å². The van der Waals surface area contributed by atoms with Crippen LogP contribution in [0.2, 0.25) is 0 Å². The predicted octanol–water partition coefficient (Wildman–Crippen LogP) is 2.87. The van der Waals surface area contributed by atoms with Crippen LogP contribution in [-0.2, 0) is 10.0 Å². The van der Waals surface area contributed by atoms with Crippen LogP contribution in [-0.4, -0.2) is 34.2 Å². The topological polar surface area (TPSA) is 75.7 Å². The van der Waals surface area contributed by atoms with Crippen molar-refractivity contribution in [3.63, 3.8) is 0 Å². The normalized spacial score (nSPS) is 16.6. The molecule has 2 aromatic carbocycles. The number of benzene rings is 2. The quantitative estimate of drug-likeness (QED) is 0.868. The summed E-state index contributed by atoms with van der Waals surface area (Å²) >= 11 is 0. The number of amides is 1. The number of carbonyl (C=O) groups excluding carboxylic acids is 1. The minimum Gasteiger partial charge on any atom is -0.493 e. The molecule has 0 bridgehead atoms. The van der Waals surface area contributed by atoms with Gasteiger partial charge in [0.25, 0.3) is 5.91 Å². The minimum absolute atomic E-state index is 0.230. The van der Waals surface area contributed by atoms with E-state index < -0.39 is 27.8 Å². The van der Waals surface area contributed by atoms with Crippen LogP contribution < -0.4 is 14.4 Å². The van der Waals surface area contributed by atoms with Gasteiger partial charge < -0.3 is 10.1 Å². The van der Waals surface area contributed by atoms with Gasteiger partial charge in [-0.25, -0.2) is 12.8 Å². The monoisotopic (exact) mass is 392 g/mol. The van der Waals surface area contributed by atoms with Gasteiger partial charge in [0.05, 0.1) is 30.2 Å². The third-order valence-corrected chi connectivity index (χ3v) is 5.72. The van der Waals surface area contributed by atoms with Gasteiger partial charge in [-0.3, -0.25) is 9.10 Å². The van der Waals surface area contributed by atoms with Crippen LogP contribution in [0.5, 0.6) is 5.75 Å². The second-order valence-electron chi connectivity index (χ2n) is 6.45. The van der Waals surface area contributed by atoms with Gasteiger partial charge in [0.2, 0.25) is 10.0 Å². The van der Waals surface area contributed by atoms with Crippen LogP contribution in [0.4, 0.5) is 10.1 Å². The van der Waals surface area contributed by atoms with Crippen molar-refractivity contribution in [3.05, 3.63) is 59.4 Å². The van der Waals surface area contributed by atoms with Gasteiger partial charge in [0.1, 0.15) is 11.6 Å². The summed E-state index contributed by atoms with van der Waals surface area (Å²) in [6, 6.07) is 10.3. The number of carbonyl (C=O) groups is 1. The summed E-state index contributed by atoms with van der Waals surface area (Å²) in [5, 5.41) is 2.90. The first kappa shape index (κ1) is 19.2. The van der Waals surface area contributed by atoms with Gasteiger partial charge in [-0.05, 0) is 43.2 Å². The lowest BCUT2D eigenvalue weighted by Crippen LogP contribution is -2.32. The van der Waals surface area contributed by atoms with E-state index in [1.165, 1.54) is 19.2 Å². The maximum Gasteiger partial charge on any atom is 0.253 e. The van der Waals surface area contributed by atoms with Crippen molar-refractivity contribution in [1.82, 2.24) is 5.32 Å². The summed E-state index contributed by atoms with van der Waals surface area (Å²) in [4.78, 5) is 12.9. The van der Waals surface area contributed by atoms with Crippen molar-refractivity contribution in [1.29, 1.82) is 0 Å². The van der Waals surface area contributed by atoms with Gasteiger partial charge in [-0.2, -0.15) is 0 Å². The first-order valence-electron chi connectivity index (χ1n) is 8.53. The molecule has 1 heterocycles. The Morgan fingerprint density at radius 2 is 2.00 bits per heavy atom. The number of halogens is 1. The number of ether oxygens (including phenoxy) is 1. The Morgan fingerprint density at radius 3 is 2.74 bits per heavy atom. The maximum absolute atomic E-state index is 13.7. The molecular weight excluding hydrogens is 371 g/mol. The van der Waals surface area contributed by atoms with Gasteiger partial charge in [-0.1, -0.05) is 12.1 Å². The standard InChI is InChI=1S/C19H21FN2O4S/c1-22(27(2,24)25)17-8-4-3-6-14(17)19(23)21-16-7-5-11-26-18-10-9-13(20)12-15(16)18/h3-4,6,8-10,12,16H,5,7,11H2,1-2H3,(H,21,23). The van der Waals surface area contributed by atoms with Crippen LogP contribution in [0, 0.1) is 5.82 Å². The molecule has 144 valence electrons. The number of rotatable bonds is 4. The SMILES string of the molecule is CN(c1ccccc1C(=O)NC1CCCOc2ccc(F)cc21)S(C)(=O)=O. The Kier molecular flexibility index (Phi) is 5.36. The third kappa shape index (κ3) is 4.21. The van der Waals surface area contributed by atoms with E-state index in [0.717, 1.165) is 10.6 Å². The fourth-order valence-corrected chi connectivity index (χ4v) is 3.57. The third-order valence-electron chi connectivity index (χ3n) is 4.53. The second-order valence-corrected chi connectivity index (χ2v) is 8.46. The highest BCUT2D eigenvalue weighted by Gasteiger charge is 2.25. The van der Waals surface area contributed by atoms with Crippen molar-refractivity contribution in [2.45, 2.75) is 18.9 Å². The molecule has 1 aliphatic heterocycles. The lowest BCUT2D eigenvalue weighted by atomic mass is 10.0. The Morgan fingerprint density at radius 1 is 1.26 bits per heavy atom. The van der Waals surface area contributed by atoms with Gasteiger partial charge in [0.15, 0.2) is 0 Å². The van der Waals surface area contributed by atoms with Gasteiger partial charge >= 0.3 is 0 Å². The summed E-state index contributed by atoms with van der Waals surface area (Å²) in [5.41, 5.74) is 1.09. The fourth-order valence-electron chi connectivity index (χ4n) is 3.05. The van der Waals surface area contributed by atoms with E-state index in [2.05, 4.69) is 5.32 Å². The molecule has 6 nitrogen and oxygen atoms in total. The van der Waals surface area contributed by atoms with Crippen LogP contribution in [0.25, 0.3) is 0 Å². The zero-order valence-corrected chi connectivity index (χ0v) is 15.9. The van der Waals surface area contributed by atoms with E-state index in [1.807, 2.05) is 0 Å². The average Bonchev–Trinajstić information content (AvgIpc) is 2.82. The molecule has 1 amide bonds. The van der Waals surface area contributed by atoms with Crippen molar-refractivity contribution in [2.24, 2.45) is 0 Å².